The Hall–Kier alpha value is -1.33. The second kappa shape index (κ2) is 4.40. The Bertz CT molecular complexity index is 568. The number of benzene rings is 1. The van der Waals surface area contributed by atoms with Gasteiger partial charge in [-0.1, -0.05) is 6.92 Å². The summed E-state index contributed by atoms with van der Waals surface area (Å²) in [6, 6.07) is 4.29. The van der Waals surface area contributed by atoms with Gasteiger partial charge in [0.15, 0.2) is 0 Å². The minimum Gasteiger partial charge on any atom is -0.395 e. The molecule has 1 saturated heterocycles. The van der Waals surface area contributed by atoms with Gasteiger partial charge in [-0.15, -0.1) is 11.3 Å². The van der Waals surface area contributed by atoms with Crippen LogP contribution in [0.25, 0.3) is 10.2 Å². The zero-order chi connectivity index (χ0) is 12.7. The molecule has 0 spiro atoms. The lowest BCUT2D eigenvalue weighted by Crippen LogP contribution is -2.35. The first kappa shape index (κ1) is 11.7. The number of aliphatic hydroxyl groups is 1. The number of hydrogen-bond acceptors (Lipinski definition) is 5. The number of aliphatic hydroxyl groups excluding tert-OH is 1. The highest BCUT2D eigenvalue weighted by atomic mass is 32.1. The molecule has 3 rings (SSSR count). The molecule has 96 valence electrons. The largest absolute Gasteiger partial charge is 0.395 e. The molecule has 1 aliphatic heterocycles. The zero-order valence-electron chi connectivity index (χ0n) is 10.3. The van der Waals surface area contributed by atoms with Crippen molar-refractivity contribution in [1.82, 2.24) is 4.98 Å². The topological polar surface area (TPSA) is 62.4 Å². The first-order chi connectivity index (χ1) is 8.72. The van der Waals surface area contributed by atoms with Gasteiger partial charge in [-0.2, -0.15) is 0 Å². The van der Waals surface area contributed by atoms with E-state index in [0.717, 1.165) is 34.6 Å². The van der Waals surface area contributed by atoms with Crippen LogP contribution in [-0.4, -0.2) is 29.3 Å². The zero-order valence-corrected chi connectivity index (χ0v) is 11.2. The summed E-state index contributed by atoms with van der Waals surface area (Å²) in [6.07, 6.45) is 1.10. The average molecular weight is 263 g/mol. The van der Waals surface area contributed by atoms with E-state index in [4.69, 9.17) is 5.73 Å². The Labute approximate surface area is 110 Å². The van der Waals surface area contributed by atoms with Gasteiger partial charge in [-0.3, -0.25) is 0 Å². The lowest BCUT2D eigenvalue weighted by Gasteiger charge is -2.28. The van der Waals surface area contributed by atoms with Crippen LogP contribution in [0.5, 0.6) is 0 Å². The van der Waals surface area contributed by atoms with E-state index >= 15 is 0 Å². The molecule has 2 heterocycles. The van der Waals surface area contributed by atoms with E-state index in [2.05, 4.69) is 28.9 Å². The number of nitrogens with two attached hydrogens (primary N) is 1. The molecule has 18 heavy (non-hydrogen) atoms. The van der Waals surface area contributed by atoms with Crippen molar-refractivity contribution in [2.45, 2.75) is 19.4 Å². The minimum absolute atomic E-state index is 0.170. The quantitative estimate of drug-likeness (QED) is 0.814. The van der Waals surface area contributed by atoms with Crippen molar-refractivity contribution in [3.63, 3.8) is 0 Å². The monoisotopic (exact) mass is 263 g/mol. The Morgan fingerprint density at radius 3 is 3.17 bits per heavy atom. The molecule has 5 heteroatoms. The molecule has 2 atom stereocenters. The molecule has 1 fully saturated rings. The number of hydrogen-bond donors (Lipinski definition) is 2. The smallest absolute Gasteiger partial charge is 0.106 e. The van der Waals surface area contributed by atoms with E-state index < -0.39 is 0 Å². The summed E-state index contributed by atoms with van der Waals surface area (Å²) < 4.78 is 1.11. The van der Waals surface area contributed by atoms with E-state index in [-0.39, 0.29) is 12.6 Å². The highest BCUT2D eigenvalue weighted by Gasteiger charge is 2.31. The predicted octanol–water partition coefficient (Wildman–Crippen LogP) is 2.09. The van der Waals surface area contributed by atoms with Gasteiger partial charge >= 0.3 is 0 Å². The van der Waals surface area contributed by atoms with Crippen molar-refractivity contribution in [3.05, 3.63) is 17.6 Å². The molecule has 2 aromatic rings. The summed E-state index contributed by atoms with van der Waals surface area (Å²) >= 11 is 1.60. The molecule has 3 N–H and O–H groups in total. The van der Waals surface area contributed by atoms with E-state index in [0.29, 0.717) is 5.92 Å². The summed E-state index contributed by atoms with van der Waals surface area (Å²) in [5, 5.41) is 9.54. The number of nitrogens with zero attached hydrogens (tertiary/aromatic N) is 2. The van der Waals surface area contributed by atoms with Crippen LogP contribution in [0.1, 0.15) is 13.3 Å². The van der Waals surface area contributed by atoms with Crippen molar-refractivity contribution < 1.29 is 5.11 Å². The maximum atomic E-state index is 9.54. The maximum absolute atomic E-state index is 9.54. The molecule has 4 nitrogen and oxygen atoms in total. The average Bonchev–Trinajstić information content (AvgIpc) is 2.96. The molecule has 0 bridgehead atoms. The van der Waals surface area contributed by atoms with Gasteiger partial charge in [0.05, 0.1) is 34.2 Å². The molecule has 0 aliphatic carbocycles. The van der Waals surface area contributed by atoms with Crippen molar-refractivity contribution in [2.24, 2.45) is 5.92 Å². The highest BCUT2D eigenvalue weighted by Crippen LogP contribution is 2.37. The molecule has 1 aliphatic rings. The summed E-state index contributed by atoms with van der Waals surface area (Å²) in [6.45, 7) is 3.31. The van der Waals surface area contributed by atoms with Crippen LogP contribution in [0.4, 0.5) is 11.4 Å². The van der Waals surface area contributed by atoms with Crippen molar-refractivity contribution in [3.8, 4) is 0 Å². The van der Waals surface area contributed by atoms with Gasteiger partial charge in [-0.25, -0.2) is 4.98 Å². The Balaban J connectivity index is 2.06. The van der Waals surface area contributed by atoms with Crippen LogP contribution in [0.15, 0.2) is 17.6 Å². The van der Waals surface area contributed by atoms with Gasteiger partial charge in [0.1, 0.15) is 5.52 Å². The third kappa shape index (κ3) is 1.66. The van der Waals surface area contributed by atoms with Crippen LogP contribution < -0.4 is 10.6 Å². The Morgan fingerprint density at radius 2 is 2.39 bits per heavy atom. The highest BCUT2D eigenvalue weighted by molar-refractivity contribution is 7.16. The lowest BCUT2D eigenvalue weighted by molar-refractivity contribution is 0.245. The number of rotatable bonds is 2. The molecule has 0 amide bonds. The van der Waals surface area contributed by atoms with Gasteiger partial charge in [0, 0.05) is 6.54 Å². The number of fused-ring (bicyclic) bond motifs is 1. The number of thiazole rings is 1. The Morgan fingerprint density at radius 1 is 1.56 bits per heavy atom. The first-order valence-electron chi connectivity index (χ1n) is 6.21. The summed E-state index contributed by atoms with van der Waals surface area (Å²) in [7, 11) is 0. The molecule has 2 unspecified atom stereocenters. The fraction of sp³-hybridized carbons (Fsp3) is 0.462. The maximum Gasteiger partial charge on any atom is 0.106 e. The summed E-state index contributed by atoms with van der Waals surface area (Å²) in [4.78, 5) is 6.55. The fourth-order valence-electron chi connectivity index (χ4n) is 2.78. The van der Waals surface area contributed by atoms with E-state index in [1.807, 2.05) is 5.51 Å². The van der Waals surface area contributed by atoms with Gasteiger partial charge in [0.25, 0.3) is 0 Å². The summed E-state index contributed by atoms with van der Waals surface area (Å²) in [5.74, 6) is 0.500. The predicted molar refractivity (Wildman–Crippen MR) is 76.0 cm³/mol. The SMILES string of the molecule is CC1CCN(c2ccc3scnc3c2N)C1CO. The van der Waals surface area contributed by atoms with Crippen LogP contribution in [0, 0.1) is 5.92 Å². The lowest BCUT2D eigenvalue weighted by atomic mass is 10.0. The summed E-state index contributed by atoms with van der Waals surface area (Å²) in [5.41, 5.74) is 10.7. The molecule has 0 saturated carbocycles. The number of aromatic nitrogens is 1. The van der Waals surface area contributed by atoms with Crippen molar-refractivity contribution in [2.75, 3.05) is 23.8 Å². The van der Waals surface area contributed by atoms with Crippen molar-refractivity contribution >= 4 is 32.9 Å². The molecular weight excluding hydrogens is 246 g/mol. The Kier molecular flexibility index (Phi) is 2.87. The standard InChI is InChI=1S/C13H17N3OS/c1-8-4-5-16(10(8)6-17)9-2-3-11-13(12(9)14)15-7-18-11/h2-3,7-8,10,17H,4-6,14H2,1H3. The first-order valence-corrected chi connectivity index (χ1v) is 7.09. The number of nitrogen functional groups attached to an aromatic ring is 1. The molecular formula is C13H17N3OS. The van der Waals surface area contributed by atoms with E-state index in [9.17, 15) is 5.11 Å². The van der Waals surface area contributed by atoms with Crippen LogP contribution in [0.2, 0.25) is 0 Å². The normalized spacial score (nSPS) is 24.0. The fourth-order valence-corrected chi connectivity index (χ4v) is 3.47. The minimum atomic E-state index is 0.170. The second-order valence-electron chi connectivity index (χ2n) is 4.91. The van der Waals surface area contributed by atoms with Gasteiger partial charge < -0.3 is 15.7 Å². The molecule has 1 aromatic carbocycles. The van der Waals surface area contributed by atoms with Crippen LogP contribution >= 0.6 is 11.3 Å². The third-order valence-corrected chi connectivity index (χ3v) is 4.69. The second-order valence-corrected chi connectivity index (χ2v) is 5.79. The molecule has 0 radical (unpaired) electrons. The van der Waals surface area contributed by atoms with Crippen molar-refractivity contribution in [1.29, 1.82) is 0 Å². The van der Waals surface area contributed by atoms with Gasteiger partial charge in [-0.05, 0) is 24.5 Å². The number of anilines is 2. The third-order valence-electron chi connectivity index (χ3n) is 3.90. The molecule has 1 aromatic heterocycles. The van der Waals surface area contributed by atoms with E-state index in [1.165, 1.54) is 0 Å². The van der Waals surface area contributed by atoms with Gasteiger partial charge in [0.2, 0.25) is 0 Å². The van der Waals surface area contributed by atoms with Crippen LogP contribution in [-0.2, 0) is 0 Å². The van der Waals surface area contributed by atoms with E-state index in [1.54, 1.807) is 11.3 Å². The van der Waals surface area contributed by atoms with Crippen LogP contribution in [0.3, 0.4) is 0 Å².